The molecule has 0 atom stereocenters. The molecule has 1 saturated carbocycles. The van der Waals surface area contributed by atoms with E-state index in [9.17, 15) is 26.4 Å². The molecule has 2 rings (SSSR count). The van der Waals surface area contributed by atoms with Gasteiger partial charge in [-0.25, -0.2) is 13.1 Å². The summed E-state index contributed by atoms with van der Waals surface area (Å²) in [6.45, 7) is 4.84. The van der Waals surface area contributed by atoms with Crippen molar-refractivity contribution in [3.05, 3.63) is 29.8 Å². The predicted octanol–water partition coefficient (Wildman–Crippen LogP) is 3.92. The van der Waals surface area contributed by atoms with Crippen LogP contribution in [0.3, 0.4) is 0 Å². The Hall–Kier alpha value is -1.61. The van der Waals surface area contributed by atoms with Crippen LogP contribution in [0.1, 0.15) is 52.0 Å². The van der Waals surface area contributed by atoms with Gasteiger partial charge in [0.15, 0.2) is 0 Å². The van der Waals surface area contributed by atoms with E-state index < -0.39 is 26.5 Å². The van der Waals surface area contributed by atoms with Crippen LogP contribution in [-0.2, 0) is 21.0 Å². The van der Waals surface area contributed by atoms with Crippen LogP contribution in [0.2, 0.25) is 0 Å². The van der Waals surface area contributed by atoms with Crippen LogP contribution in [0, 0.1) is 5.92 Å². The summed E-state index contributed by atoms with van der Waals surface area (Å²) in [5.41, 5.74) is -0.717. The first-order chi connectivity index (χ1) is 12.3. The maximum absolute atomic E-state index is 12.8. The van der Waals surface area contributed by atoms with Gasteiger partial charge in [-0.2, -0.15) is 13.2 Å². The van der Waals surface area contributed by atoms with Crippen molar-refractivity contribution in [2.75, 3.05) is 5.32 Å². The predicted molar refractivity (Wildman–Crippen MR) is 97.6 cm³/mol. The lowest BCUT2D eigenvalue weighted by atomic mass is 9.86. The summed E-state index contributed by atoms with van der Waals surface area (Å²) in [5.74, 6) is -0.693. The van der Waals surface area contributed by atoms with Crippen LogP contribution < -0.4 is 10.0 Å². The Morgan fingerprint density at radius 2 is 1.67 bits per heavy atom. The van der Waals surface area contributed by atoms with Gasteiger partial charge >= 0.3 is 6.18 Å². The van der Waals surface area contributed by atoms with Gasteiger partial charge in [0.1, 0.15) is 0 Å². The van der Waals surface area contributed by atoms with Crippen molar-refractivity contribution < 1.29 is 26.4 Å². The van der Waals surface area contributed by atoms with Crippen molar-refractivity contribution in [3.8, 4) is 0 Å². The molecule has 0 heterocycles. The van der Waals surface area contributed by atoms with Gasteiger partial charge in [-0.1, -0.05) is 6.07 Å². The van der Waals surface area contributed by atoms with E-state index in [-0.39, 0.29) is 23.6 Å². The van der Waals surface area contributed by atoms with Crippen LogP contribution in [0.15, 0.2) is 24.3 Å². The average molecular weight is 406 g/mol. The van der Waals surface area contributed by atoms with E-state index in [2.05, 4.69) is 10.0 Å². The summed E-state index contributed by atoms with van der Waals surface area (Å²) in [7, 11) is -3.46. The zero-order chi connectivity index (χ0) is 20.5. The number of alkyl halides is 3. The molecular formula is C18H25F3N2O3S. The van der Waals surface area contributed by atoms with Crippen molar-refractivity contribution in [1.29, 1.82) is 0 Å². The molecule has 0 aliphatic heterocycles. The topological polar surface area (TPSA) is 75.3 Å². The van der Waals surface area contributed by atoms with E-state index >= 15 is 0 Å². The van der Waals surface area contributed by atoms with Crippen molar-refractivity contribution in [1.82, 2.24) is 4.72 Å². The van der Waals surface area contributed by atoms with Crippen LogP contribution in [0.4, 0.5) is 18.9 Å². The summed E-state index contributed by atoms with van der Waals surface area (Å²) in [5, 5.41) is 2.53. The second-order valence-corrected chi connectivity index (χ2v) is 10.3. The monoisotopic (exact) mass is 406 g/mol. The summed E-state index contributed by atoms with van der Waals surface area (Å²) < 4.78 is 64.4. The first-order valence-electron chi connectivity index (χ1n) is 8.79. The molecule has 1 aromatic carbocycles. The Labute approximate surface area is 157 Å². The molecule has 0 unspecified atom stereocenters. The first-order valence-corrected chi connectivity index (χ1v) is 10.3. The second-order valence-electron chi connectivity index (χ2n) is 7.85. The zero-order valence-corrected chi connectivity index (χ0v) is 16.4. The lowest BCUT2D eigenvalue weighted by molar-refractivity contribution is -0.137. The Bertz CT molecular complexity index is 778. The van der Waals surface area contributed by atoms with Gasteiger partial charge < -0.3 is 5.32 Å². The number of carbonyl (C=O) groups excluding carboxylic acids is 1. The van der Waals surface area contributed by atoms with Crippen LogP contribution in [0.5, 0.6) is 0 Å². The molecule has 152 valence electrons. The molecule has 1 fully saturated rings. The smallest absolute Gasteiger partial charge is 0.326 e. The summed E-state index contributed by atoms with van der Waals surface area (Å²) in [4.78, 5) is 12.3. The first kappa shape index (κ1) is 21.7. The van der Waals surface area contributed by atoms with Gasteiger partial charge in [0.2, 0.25) is 15.9 Å². The molecule has 1 aliphatic carbocycles. The highest BCUT2D eigenvalue weighted by atomic mass is 32.2. The van der Waals surface area contributed by atoms with Gasteiger partial charge in [0, 0.05) is 17.6 Å². The number of halogens is 3. The summed E-state index contributed by atoms with van der Waals surface area (Å²) in [6, 6.07) is 4.28. The van der Waals surface area contributed by atoms with Crippen molar-refractivity contribution in [3.63, 3.8) is 0 Å². The molecule has 9 heteroatoms. The number of hydrogen-bond donors (Lipinski definition) is 2. The second kappa shape index (κ2) is 7.79. The van der Waals surface area contributed by atoms with Crippen LogP contribution in [-0.4, -0.2) is 25.1 Å². The van der Waals surface area contributed by atoms with Gasteiger partial charge in [-0.15, -0.1) is 0 Å². The average Bonchev–Trinajstić information content (AvgIpc) is 2.53. The number of carbonyl (C=O) groups is 1. The fourth-order valence-electron chi connectivity index (χ4n) is 2.89. The molecule has 0 saturated heterocycles. The molecule has 0 bridgehead atoms. The number of hydrogen-bond acceptors (Lipinski definition) is 3. The fraction of sp³-hybridized carbons (Fsp3) is 0.611. The molecule has 1 amide bonds. The molecule has 1 aliphatic rings. The fourth-order valence-corrected chi connectivity index (χ4v) is 3.92. The van der Waals surface area contributed by atoms with E-state index in [1.165, 1.54) is 12.1 Å². The van der Waals surface area contributed by atoms with Crippen LogP contribution in [0.25, 0.3) is 0 Å². The Kier molecular flexibility index (Phi) is 6.26. The molecule has 0 radical (unpaired) electrons. The summed E-state index contributed by atoms with van der Waals surface area (Å²) >= 11 is 0. The van der Waals surface area contributed by atoms with Crippen LogP contribution >= 0.6 is 0 Å². The highest BCUT2D eigenvalue weighted by Crippen LogP contribution is 2.31. The minimum absolute atomic E-state index is 0.102. The van der Waals surface area contributed by atoms with Gasteiger partial charge in [-0.05, 0) is 64.7 Å². The van der Waals surface area contributed by atoms with Gasteiger partial charge in [0.25, 0.3) is 0 Å². The van der Waals surface area contributed by atoms with E-state index in [1.54, 1.807) is 20.8 Å². The lowest BCUT2D eigenvalue weighted by Crippen LogP contribution is -2.46. The largest absolute Gasteiger partial charge is 0.416 e. The van der Waals surface area contributed by atoms with E-state index in [4.69, 9.17) is 0 Å². The maximum atomic E-state index is 12.8. The number of benzene rings is 1. The van der Waals surface area contributed by atoms with Crippen molar-refractivity contribution in [2.24, 2.45) is 5.92 Å². The molecular weight excluding hydrogens is 381 g/mol. The molecule has 0 aromatic heterocycles. The highest BCUT2D eigenvalue weighted by Gasteiger charge is 2.34. The zero-order valence-electron chi connectivity index (χ0n) is 15.6. The number of sulfonamides is 1. The van der Waals surface area contributed by atoms with E-state index in [0.29, 0.717) is 25.7 Å². The third-order valence-corrected chi connectivity index (χ3v) is 6.94. The van der Waals surface area contributed by atoms with Crippen molar-refractivity contribution >= 4 is 21.6 Å². The molecule has 1 aromatic rings. The molecule has 5 nitrogen and oxygen atoms in total. The maximum Gasteiger partial charge on any atom is 0.416 e. The van der Waals surface area contributed by atoms with Crippen molar-refractivity contribution in [2.45, 2.75) is 63.4 Å². The lowest BCUT2D eigenvalue weighted by Gasteiger charge is -2.30. The number of rotatable bonds is 4. The van der Waals surface area contributed by atoms with Gasteiger partial charge in [-0.3, -0.25) is 4.79 Å². The number of nitrogens with one attached hydrogen (secondary N) is 2. The third-order valence-electron chi connectivity index (χ3n) is 4.68. The molecule has 27 heavy (non-hydrogen) atoms. The van der Waals surface area contributed by atoms with Gasteiger partial charge in [0.05, 0.1) is 10.3 Å². The summed E-state index contributed by atoms with van der Waals surface area (Å²) in [6.07, 6.45) is -2.50. The van der Waals surface area contributed by atoms with E-state index in [0.717, 1.165) is 12.1 Å². The Morgan fingerprint density at radius 3 is 2.19 bits per heavy atom. The van der Waals surface area contributed by atoms with E-state index in [1.807, 2.05) is 0 Å². The normalized spacial score (nSPS) is 21.7. The molecule has 0 spiro atoms. The molecule has 2 N–H and O–H groups in total. The highest BCUT2D eigenvalue weighted by molar-refractivity contribution is 7.90. The number of amides is 1. The minimum Gasteiger partial charge on any atom is -0.326 e. The number of anilines is 1. The Morgan fingerprint density at radius 1 is 1.07 bits per heavy atom. The standard InChI is InChI=1S/C18H25F3N2O3S/c1-17(2,3)27(25,26)23-14-9-7-12(8-10-14)16(24)22-15-6-4-5-13(11-15)18(19,20)21/h4-6,11-12,14,23H,7-10H2,1-3H3,(H,22,24)/t12-,14-. The SMILES string of the molecule is CC(C)(C)S(=O)(=O)N[C@H]1CC[C@H](C(=O)Nc2cccc(C(F)(F)F)c2)CC1. The minimum atomic E-state index is -4.47. The third kappa shape index (κ3) is 5.68. The quantitative estimate of drug-likeness (QED) is 0.796. The Balaban J connectivity index is 1.92.